The first kappa shape index (κ1) is 19.7. The van der Waals surface area contributed by atoms with Gasteiger partial charge < -0.3 is 14.5 Å². The van der Waals surface area contributed by atoms with Crippen LogP contribution in [0.15, 0.2) is 42.6 Å². The Hall–Kier alpha value is -2.63. The molecule has 2 aromatic rings. The van der Waals surface area contributed by atoms with Crippen molar-refractivity contribution >= 4 is 11.6 Å². The van der Waals surface area contributed by atoms with Crippen LogP contribution in [-0.2, 0) is 0 Å². The number of hydrogen-bond acceptors (Lipinski definition) is 4. The van der Waals surface area contributed by atoms with E-state index in [1.807, 2.05) is 17.9 Å². The van der Waals surface area contributed by atoms with Crippen molar-refractivity contribution < 1.29 is 13.9 Å². The van der Waals surface area contributed by atoms with E-state index in [0.29, 0.717) is 43.1 Å². The number of likely N-dealkylation sites (tertiary alicyclic amines) is 1. The second-order valence-corrected chi connectivity index (χ2v) is 8.52. The Morgan fingerprint density at radius 2 is 2.14 bits per heavy atom. The highest BCUT2D eigenvalue weighted by Gasteiger charge is 2.48. The number of rotatable bonds is 4. The molecule has 154 valence electrons. The zero-order chi connectivity index (χ0) is 20.6. The van der Waals surface area contributed by atoms with E-state index in [1.54, 1.807) is 30.5 Å². The molecule has 0 aliphatic carbocycles. The summed E-state index contributed by atoms with van der Waals surface area (Å²) in [5.41, 5.74) is 1.35. The number of halogens is 1. The first-order chi connectivity index (χ1) is 13.9. The SMILES string of the molecule is CCOc1ncccc1C(=O)N1CC[C@H]2[C@@H](C1)CC(C)(C)N2c1cccc(F)c1. The number of fused-ring (bicyclic) bond motifs is 1. The highest BCUT2D eigenvalue weighted by Crippen LogP contribution is 2.45. The monoisotopic (exact) mass is 397 g/mol. The lowest BCUT2D eigenvalue weighted by Gasteiger charge is -2.42. The standard InChI is InChI=1S/C23H28FN3O2/c1-4-29-21-19(9-6-11-25-21)22(28)26-12-10-20-16(15-26)14-23(2,3)27(20)18-8-5-7-17(24)13-18/h5-9,11,13,16,20H,4,10,12,14-15H2,1-3H3/t16-,20+/m1/s1. The third-order valence-electron chi connectivity index (χ3n) is 6.10. The maximum atomic E-state index is 13.9. The van der Waals surface area contributed by atoms with Gasteiger partial charge in [0.1, 0.15) is 11.4 Å². The van der Waals surface area contributed by atoms with Gasteiger partial charge in [-0.1, -0.05) is 6.07 Å². The molecule has 2 aliphatic rings. The molecule has 2 saturated heterocycles. The fourth-order valence-electron chi connectivity index (χ4n) is 5.08. The average molecular weight is 397 g/mol. The summed E-state index contributed by atoms with van der Waals surface area (Å²) in [7, 11) is 0. The number of amides is 1. The third-order valence-corrected chi connectivity index (χ3v) is 6.10. The Morgan fingerprint density at radius 3 is 2.90 bits per heavy atom. The van der Waals surface area contributed by atoms with Crippen LogP contribution in [0.3, 0.4) is 0 Å². The van der Waals surface area contributed by atoms with Gasteiger partial charge >= 0.3 is 0 Å². The lowest BCUT2D eigenvalue weighted by atomic mass is 9.89. The molecule has 0 saturated carbocycles. The van der Waals surface area contributed by atoms with Crippen LogP contribution in [0.4, 0.5) is 10.1 Å². The minimum absolute atomic E-state index is 0.0259. The minimum Gasteiger partial charge on any atom is -0.477 e. The van der Waals surface area contributed by atoms with Gasteiger partial charge in [-0.25, -0.2) is 9.37 Å². The molecule has 5 nitrogen and oxygen atoms in total. The molecule has 2 aliphatic heterocycles. The van der Waals surface area contributed by atoms with Crippen LogP contribution in [0, 0.1) is 11.7 Å². The molecule has 0 N–H and O–H groups in total. The van der Waals surface area contributed by atoms with E-state index in [2.05, 4.69) is 23.7 Å². The Labute approximate surface area is 171 Å². The van der Waals surface area contributed by atoms with E-state index < -0.39 is 0 Å². The van der Waals surface area contributed by atoms with Gasteiger partial charge in [-0.05, 0) is 69.9 Å². The van der Waals surface area contributed by atoms with Gasteiger partial charge in [0.25, 0.3) is 5.91 Å². The largest absolute Gasteiger partial charge is 0.477 e. The van der Waals surface area contributed by atoms with E-state index in [0.717, 1.165) is 18.5 Å². The normalized spacial score (nSPS) is 23.0. The number of piperidine rings is 1. The smallest absolute Gasteiger partial charge is 0.259 e. The lowest BCUT2D eigenvalue weighted by Crippen LogP contribution is -2.50. The first-order valence-electron chi connectivity index (χ1n) is 10.3. The predicted molar refractivity (Wildman–Crippen MR) is 111 cm³/mol. The molecular weight excluding hydrogens is 369 g/mol. The summed E-state index contributed by atoms with van der Waals surface area (Å²) < 4.78 is 19.4. The molecule has 2 atom stereocenters. The van der Waals surface area contributed by atoms with Crippen molar-refractivity contribution in [1.29, 1.82) is 0 Å². The second kappa shape index (κ2) is 7.65. The van der Waals surface area contributed by atoms with Crippen molar-refractivity contribution in [2.45, 2.75) is 45.2 Å². The van der Waals surface area contributed by atoms with Gasteiger partial charge in [-0.15, -0.1) is 0 Å². The highest BCUT2D eigenvalue weighted by atomic mass is 19.1. The van der Waals surface area contributed by atoms with E-state index >= 15 is 0 Å². The van der Waals surface area contributed by atoms with E-state index in [-0.39, 0.29) is 17.3 Å². The zero-order valence-corrected chi connectivity index (χ0v) is 17.3. The number of hydrogen-bond donors (Lipinski definition) is 0. The summed E-state index contributed by atoms with van der Waals surface area (Å²) in [6.45, 7) is 8.13. The van der Waals surface area contributed by atoms with E-state index in [4.69, 9.17) is 4.74 Å². The Kier molecular flexibility index (Phi) is 5.19. The van der Waals surface area contributed by atoms with Gasteiger partial charge in [-0.2, -0.15) is 0 Å². The van der Waals surface area contributed by atoms with E-state index in [9.17, 15) is 9.18 Å². The molecular formula is C23H28FN3O2. The molecule has 4 rings (SSSR count). The summed E-state index contributed by atoms with van der Waals surface area (Å²) >= 11 is 0. The van der Waals surface area contributed by atoms with Gasteiger partial charge in [0.2, 0.25) is 5.88 Å². The van der Waals surface area contributed by atoms with Crippen molar-refractivity contribution in [3.63, 3.8) is 0 Å². The van der Waals surface area contributed by atoms with Gasteiger partial charge in [-0.3, -0.25) is 4.79 Å². The average Bonchev–Trinajstić information content (AvgIpc) is 2.97. The van der Waals surface area contributed by atoms with E-state index in [1.165, 1.54) is 6.07 Å². The highest BCUT2D eigenvalue weighted by molar-refractivity contribution is 5.96. The molecule has 29 heavy (non-hydrogen) atoms. The summed E-state index contributed by atoms with van der Waals surface area (Å²) in [4.78, 5) is 21.7. The lowest BCUT2D eigenvalue weighted by molar-refractivity contribution is 0.0662. The maximum Gasteiger partial charge on any atom is 0.259 e. The molecule has 3 heterocycles. The number of aromatic nitrogens is 1. The molecule has 1 aromatic heterocycles. The number of benzene rings is 1. The van der Waals surface area contributed by atoms with Crippen LogP contribution in [0.1, 0.15) is 44.0 Å². The Balaban J connectivity index is 1.55. The quantitative estimate of drug-likeness (QED) is 0.778. The first-order valence-corrected chi connectivity index (χ1v) is 10.3. The predicted octanol–water partition coefficient (Wildman–Crippen LogP) is 4.14. The van der Waals surface area contributed by atoms with Crippen molar-refractivity contribution in [3.05, 3.63) is 54.0 Å². The number of anilines is 1. The number of pyridine rings is 1. The molecule has 0 unspecified atom stereocenters. The molecule has 0 spiro atoms. The minimum atomic E-state index is -0.214. The second-order valence-electron chi connectivity index (χ2n) is 8.52. The molecule has 2 fully saturated rings. The Bertz CT molecular complexity index is 901. The van der Waals surface area contributed by atoms with Crippen molar-refractivity contribution in [1.82, 2.24) is 9.88 Å². The number of carbonyl (C=O) groups is 1. The van der Waals surface area contributed by atoms with Gasteiger partial charge in [0.15, 0.2) is 0 Å². The molecule has 1 aromatic carbocycles. The van der Waals surface area contributed by atoms with Crippen LogP contribution in [-0.4, -0.2) is 47.1 Å². The van der Waals surface area contributed by atoms with Crippen molar-refractivity contribution in [2.75, 3.05) is 24.6 Å². The molecule has 6 heteroatoms. The van der Waals surface area contributed by atoms with Gasteiger partial charge in [0, 0.05) is 36.6 Å². The fraction of sp³-hybridized carbons (Fsp3) is 0.478. The summed E-state index contributed by atoms with van der Waals surface area (Å²) in [6, 6.07) is 10.7. The van der Waals surface area contributed by atoms with Gasteiger partial charge in [0.05, 0.1) is 6.61 Å². The Morgan fingerprint density at radius 1 is 1.31 bits per heavy atom. The zero-order valence-electron chi connectivity index (χ0n) is 17.3. The summed E-state index contributed by atoms with van der Waals surface area (Å²) in [5.74, 6) is 0.504. The number of carbonyl (C=O) groups excluding carboxylic acids is 1. The maximum absolute atomic E-state index is 13.9. The molecule has 0 radical (unpaired) electrons. The summed E-state index contributed by atoms with van der Waals surface area (Å²) in [6.07, 6.45) is 3.47. The van der Waals surface area contributed by atoms with Crippen molar-refractivity contribution in [2.24, 2.45) is 5.92 Å². The summed E-state index contributed by atoms with van der Waals surface area (Å²) in [5, 5.41) is 0. The van der Waals surface area contributed by atoms with Crippen molar-refractivity contribution in [3.8, 4) is 5.88 Å². The third kappa shape index (κ3) is 3.68. The number of nitrogens with zero attached hydrogens (tertiary/aromatic N) is 3. The van der Waals surface area contributed by atoms with Crippen LogP contribution in [0.5, 0.6) is 5.88 Å². The van der Waals surface area contributed by atoms with Crippen LogP contribution < -0.4 is 9.64 Å². The van der Waals surface area contributed by atoms with Crippen LogP contribution in [0.2, 0.25) is 0 Å². The molecule has 0 bridgehead atoms. The molecule has 1 amide bonds. The van der Waals surface area contributed by atoms with Crippen LogP contribution >= 0.6 is 0 Å². The fourth-order valence-corrected chi connectivity index (χ4v) is 5.08. The van der Waals surface area contributed by atoms with Crippen LogP contribution in [0.25, 0.3) is 0 Å². The number of ether oxygens (including phenoxy) is 1. The topological polar surface area (TPSA) is 45.7 Å².